The summed E-state index contributed by atoms with van der Waals surface area (Å²) in [7, 11) is 0. The molecule has 2 aromatic carbocycles. The van der Waals surface area contributed by atoms with Gasteiger partial charge < -0.3 is 4.74 Å². The van der Waals surface area contributed by atoms with E-state index in [2.05, 4.69) is 32.8 Å². The van der Waals surface area contributed by atoms with E-state index in [1.807, 2.05) is 67.7 Å². The van der Waals surface area contributed by atoms with Crippen molar-refractivity contribution in [2.24, 2.45) is 0 Å². The molecule has 0 unspecified atom stereocenters. The van der Waals surface area contributed by atoms with Crippen LogP contribution in [0.1, 0.15) is 18.2 Å². The van der Waals surface area contributed by atoms with Gasteiger partial charge in [0.25, 0.3) is 0 Å². The standard InChI is InChI=1S/C21H15BrClNO/c1-2-25-19-10-3-15(4-11-19)5-12-21-20(22)13-17(14-24-21)16-6-8-18(23)9-7-16/h3-4,6-11,13-14H,2H2,1H3. The van der Waals surface area contributed by atoms with E-state index in [1.54, 1.807) is 0 Å². The molecular formula is C21H15BrClNO. The Morgan fingerprint density at radius 3 is 2.36 bits per heavy atom. The van der Waals surface area contributed by atoms with E-state index in [0.29, 0.717) is 17.3 Å². The van der Waals surface area contributed by atoms with Crippen LogP contribution >= 0.6 is 27.5 Å². The third-order valence-electron chi connectivity index (χ3n) is 3.51. The number of halogens is 2. The smallest absolute Gasteiger partial charge is 0.127 e. The highest BCUT2D eigenvalue weighted by atomic mass is 79.9. The SMILES string of the molecule is CCOc1ccc(C#Cc2ncc(-c3ccc(Cl)cc3)cc2Br)cc1. The molecule has 0 aliphatic carbocycles. The fraction of sp³-hybridized carbons (Fsp3) is 0.0952. The van der Waals surface area contributed by atoms with Gasteiger partial charge in [0.15, 0.2) is 0 Å². The lowest BCUT2D eigenvalue weighted by molar-refractivity contribution is 0.340. The van der Waals surface area contributed by atoms with E-state index in [9.17, 15) is 0 Å². The number of ether oxygens (including phenoxy) is 1. The first-order valence-electron chi connectivity index (χ1n) is 7.82. The molecule has 3 aromatic rings. The topological polar surface area (TPSA) is 22.1 Å². The van der Waals surface area contributed by atoms with Crippen LogP contribution in [0.15, 0.2) is 65.3 Å². The molecule has 0 saturated carbocycles. The molecule has 0 aliphatic rings. The van der Waals surface area contributed by atoms with Gasteiger partial charge in [-0.15, -0.1) is 0 Å². The third-order valence-corrected chi connectivity index (χ3v) is 4.37. The van der Waals surface area contributed by atoms with Crippen LogP contribution in [0.25, 0.3) is 11.1 Å². The maximum Gasteiger partial charge on any atom is 0.127 e. The Labute approximate surface area is 161 Å². The molecule has 0 aliphatic heterocycles. The molecule has 0 fully saturated rings. The monoisotopic (exact) mass is 411 g/mol. The summed E-state index contributed by atoms with van der Waals surface area (Å²) in [5.74, 6) is 7.07. The van der Waals surface area contributed by atoms with Gasteiger partial charge in [-0.3, -0.25) is 0 Å². The zero-order valence-corrected chi connectivity index (χ0v) is 15.9. The van der Waals surface area contributed by atoms with Gasteiger partial charge in [-0.2, -0.15) is 0 Å². The molecule has 0 atom stereocenters. The van der Waals surface area contributed by atoms with Gasteiger partial charge in [-0.05, 0) is 76.8 Å². The number of hydrogen-bond acceptors (Lipinski definition) is 2. The van der Waals surface area contributed by atoms with Crippen molar-refractivity contribution in [1.82, 2.24) is 4.98 Å². The first-order chi connectivity index (χ1) is 12.2. The molecule has 0 spiro atoms. The molecule has 0 N–H and O–H groups in total. The molecule has 1 heterocycles. The first-order valence-corrected chi connectivity index (χ1v) is 8.99. The number of pyridine rings is 1. The van der Waals surface area contributed by atoms with Crippen LogP contribution < -0.4 is 4.74 Å². The van der Waals surface area contributed by atoms with Crippen molar-refractivity contribution in [3.63, 3.8) is 0 Å². The summed E-state index contributed by atoms with van der Waals surface area (Å²) < 4.78 is 6.29. The van der Waals surface area contributed by atoms with Gasteiger partial charge in [0.05, 0.1) is 11.1 Å². The van der Waals surface area contributed by atoms with E-state index >= 15 is 0 Å². The number of rotatable bonds is 3. The van der Waals surface area contributed by atoms with Crippen molar-refractivity contribution in [2.45, 2.75) is 6.92 Å². The predicted octanol–water partition coefficient (Wildman–Crippen LogP) is 5.96. The van der Waals surface area contributed by atoms with Gasteiger partial charge in [0, 0.05) is 22.3 Å². The van der Waals surface area contributed by atoms with E-state index in [4.69, 9.17) is 16.3 Å². The predicted molar refractivity (Wildman–Crippen MR) is 106 cm³/mol. The minimum atomic E-state index is 0.655. The van der Waals surface area contributed by atoms with Crippen molar-refractivity contribution < 1.29 is 4.74 Å². The second kappa shape index (κ2) is 8.20. The summed E-state index contributed by atoms with van der Waals surface area (Å²) >= 11 is 9.48. The van der Waals surface area contributed by atoms with Crippen LogP contribution in [0.3, 0.4) is 0 Å². The summed E-state index contributed by atoms with van der Waals surface area (Å²) in [5.41, 5.74) is 3.68. The zero-order chi connectivity index (χ0) is 17.6. The summed E-state index contributed by atoms with van der Waals surface area (Å²) in [5, 5.41) is 0.716. The normalized spacial score (nSPS) is 10.0. The van der Waals surface area contributed by atoms with Gasteiger partial charge in [0.1, 0.15) is 11.4 Å². The van der Waals surface area contributed by atoms with E-state index in [1.165, 1.54) is 0 Å². The number of benzene rings is 2. The molecule has 124 valence electrons. The highest BCUT2D eigenvalue weighted by molar-refractivity contribution is 9.10. The Balaban J connectivity index is 1.81. The number of aromatic nitrogens is 1. The Morgan fingerprint density at radius 1 is 1.00 bits per heavy atom. The fourth-order valence-corrected chi connectivity index (χ4v) is 2.84. The average molecular weight is 413 g/mol. The van der Waals surface area contributed by atoms with Crippen LogP contribution in [-0.4, -0.2) is 11.6 Å². The molecular weight excluding hydrogens is 398 g/mol. The molecule has 25 heavy (non-hydrogen) atoms. The molecule has 4 heteroatoms. The maximum absolute atomic E-state index is 5.93. The minimum Gasteiger partial charge on any atom is -0.494 e. The third kappa shape index (κ3) is 4.63. The Hall–Kier alpha value is -2.28. The Kier molecular flexibility index (Phi) is 5.75. The molecule has 1 aromatic heterocycles. The van der Waals surface area contributed by atoms with Gasteiger partial charge in [-0.1, -0.05) is 29.7 Å². The molecule has 3 rings (SSSR count). The largest absolute Gasteiger partial charge is 0.494 e. The molecule has 0 saturated heterocycles. The lowest BCUT2D eigenvalue weighted by atomic mass is 10.1. The Bertz CT molecular complexity index is 925. The van der Waals surface area contributed by atoms with Crippen molar-refractivity contribution in [3.05, 3.63) is 81.5 Å². The van der Waals surface area contributed by atoms with Crippen molar-refractivity contribution in [3.8, 4) is 28.7 Å². The lowest BCUT2D eigenvalue weighted by Crippen LogP contribution is -1.90. The zero-order valence-electron chi connectivity index (χ0n) is 13.6. The molecule has 0 amide bonds. The van der Waals surface area contributed by atoms with Crippen LogP contribution in [0.2, 0.25) is 5.02 Å². The van der Waals surface area contributed by atoms with E-state index in [-0.39, 0.29) is 0 Å². The van der Waals surface area contributed by atoms with E-state index in [0.717, 1.165) is 26.9 Å². The van der Waals surface area contributed by atoms with Crippen molar-refractivity contribution >= 4 is 27.5 Å². The summed E-state index contributed by atoms with van der Waals surface area (Å²) in [6, 6.07) is 17.4. The fourth-order valence-electron chi connectivity index (χ4n) is 2.26. The highest BCUT2D eigenvalue weighted by Crippen LogP contribution is 2.25. The van der Waals surface area contributed by atoms with Crippen LogP contribution in [0.5, 0.6) is 5.75 Å². The van der Waals surface area contributed by atoms with Gasteiger partial charge in [-0.25, -0.2) is 4.98 Å². The second-order valence-corrected chi connectivity index (χ2v) is 6.56. The van der Waals surface area contributed by atoms with Crippen LogP contribution in [-0.2, 0) is 0 Å². The van der Waals surface area contributed by atoms with E-state index < -0.39 is 0 Å². The van der Waals surface area contributed by atoms with Crippen molar-refractivity contribution in [1.29, 1.82) is 0 Å². The molecule has 0 radical (unpaired) electrons. The average Bonchev–Trinajstić information content (AvgIpc) is 2.63. The maximum atomic E-state index is 5.93. The molecule has 0 bridgehead atoms. The van der Waals surface area contributed by atoms with Crippen LogP contribution in [0, 0.1) is 11.8 Å². The van der Waals surface area contributed by atoms with Gasteiger partial charge in [0.2, 0.25) is 0 Å². The highest BCUT2D eigenvalue weighted by Gasteiger charge is 2.03. The Morgan fingerprint density at radius 2 is 1.72 bits per heavy atom. The summed E-state index contributed by atoms with van der Waals surface area (Å²) in [4.78, 5) is 4.46. The van der Waals surface area contributed by atoms with Crippen LogP contribution in [0.4, 0.5) is 0 Å². The molecule has 2 nitrogen and oxygen atoms in total. The second-order valence-electron chi connectivity index (χ2n) is 5.27. The quantitative estimate of drug-likeness (QED) is 0.495. The number of nitrogens with zero attached hydrogens (tertiary/aromatic N) is 1. The summed E-state index contributed by atoms with van der Waals surface area (Å²) in [6.45, 7) is 2.62. The minimum absolute atomic E-state index is 0.655. The van der Waals surface area contributed by atoms with Gasteiger partial charge >= 0.3 is 0 Å². The lowest BCUT2D eigenvalue weighted by Gasteiger charge is -2.03. The van der Waals surface area contributed by atoms with Crippen molar-refractivity contribution in [2.75, 3.05) is 6.61 Å². The summed E-state index contributed by atoms with van der Waals surface area (Å²) in [6.07, 6.45) is 1.82. The first kappa shape index (κ1) is 17.5. The number of hydrogen-bond donors (Lipinski definition) is 0.